The fraction of sp³-hybridized carbons (Fsp3) is 0. The molecule has 0 aliphatic carbocycles. The number of para-hydroxylation sites is 1. The third-order valence-electron chi connectivity index (χ3n) is 12.6. The molecule has 15 rings (SSSR count). The van der Waals surface area contributed by atoms with Gasteiger partial charge in [-0.25, -0.2) is 9.36 Å². The largest absolute Gasteiger partial charge is 0.454 e. The topological polar surface area (TPSA) is 48.8 Å². The Morgan fingerprint density at radius 1 is 0.462 bits per heavy atom. The molecule has 234 valence electrons. The summed E-state index contributed by atoms with van der Waals surface area (Å²) in [5, 5.41) is 28.3. The fourth-order valence-corrected chi connectivity index (χ4v) is 10.7. The lowest BCUT2D eigenvalue weighted by Gasteiger charge is -2.31. The molecule has 2 aliphatic heterocycles. The molecular weight excluding hydrogens is 635 g/mol. The van der Waals surface area contributed by atoms with Crippen LogP contribution in [0.3, 0.4) is 0 Å². The van der Waals surface area contributed by atoms with Crippen LogP contribution in [0.15, 0.2) is 132 Å². The summed E-state index contributed by atoms with van der Waals surface area (Å²) in [5.74, 6) is 0. The van der Waals surface area contributed by atoms with E-state index in [1.165, 1.54) is 92.1 Å². The van der Waals surface area contributed by atoms with E-state index in [4.69, 9.17) is 14.6 Å². The Kier molecular flexibility index (Phi) is 3.87. The van der Waals surface area contributed by atoms with Crippen molar-refractivity contribution in [3.05, 3.63) is 127 Å². The smallest absolute Gasteiger partial charge is 0.252 e. The first kappa shape index (κ1) is 25.1. The first-order valence-corrected chi connectivity index (χ1v) is 18.0. The van der Waals surface area contributed by atoms with E-state index in [1.54, 1.807) is 0 Å². The molecule has 5 heterocycles. The van der Waals surface area contributed by atoms with Crippen LogP contribution in [0.2, 0.25) is 0 Å². The first-order chi connectivity index (χ1) is 25.8. The van der Waals surface area contributed by atoms with Crippen LogP contribution in [0.1, 0.15) is 0 Å². The Morgan fingerprint density at radius 3 is 1.65 bits per heavy atom. The van der Waals surface area contributed by atoms with Gasteiger partial charge in [0.2, 0.25) is 0 Å². The van der Waals surface area contributed by atoms with Crippen molar-refractivity contribution in [1.29, 1.82) is 0 Å². The second kappa shape index (κ2) is 8.01. The second-order valence-corrected chi connectivity index (χ2v) is 14.9. The van der Waals surface area contributed by atoms with Crippen LogP contribution in [-0.4, -0.2) is 26.3 Å². The van der Waals surface area contributed by atoms with Gasteiger partial charge in [-0.05, 0) is 71.6 Å². The number of hydrogen-bond donors (Lipinski definition) is 0. The number of nitrogens with zero attached hydrogens (tertiary/aromatic N) is 4. The third-order valence-corrected chi connectivity index (χ3v) is 12.6. The van der Waals surface area contributed by atoms with E-state index in [0.29, 0.717) is 0 Å². The Balaban J connectivity index is 1.21. The van der Waals surface area contributed by atoms with Crippen molar-refractivity contribution in [2.45, 2.75) is 0 Å². The van der Waals surface area contributed by atoms with E-state index >= 15 is 0 Å². The molecule has 0 amide bonds. The Labute approximate surface area is 293 Å². The number of benzene rings is 10. The fourth-order valence-electron chi connectivity index (χ4n) is 10.7. The maximum Gasteiger partial charge on any atom is 0.252 e. The van der Waals surface area contributed by atoms with Gasteiger partial charge in [-0.2, -0.15) is 10.2 Å². The van der Waals surface area contributed by atoms with Gasteiger partial charge in [0, 0.05) is 32.3 Å². The summed E-state index contributed by atoms with van der Waals surface area (Å²) in [7, 11) is 0. The van der Waals surface area contributed by atoms with Crippen molar-refractivity contribution in [2.24, 2.45) is 0 Å². The zero-order valence-electron chi connectivity index (χ0n) is 27.4. The van der Waals surface area contributed by atoms with E-state index in [9.17, 15) is 0 Å². The normalized spacial score (nSPS) is 13.7. The highest BCUT2D eigenvalue weighted by Gasteiger charge is 2.43. The van der Waals surface area contributed by atoms with Crippen LogP contribution in [-0.2, 0) is 0 Å². The minimum absolute atomic E-state index is 0.0271. The third kappa shape index (κ3) is 2.52. The zero-order chi connectivity index (χ0) is 33.1. The molecule has 0 bridgehead atoms. The molecule has 0 fully saturated rings. The average Bonchev–Trinajstić information content (AvgIpc) is 3.90. The summed E-state index contributed by atoms with van der Waals surface area (Å²) in [6.07, 6.45) is 0. The summed E-state index contributed by atoms with van der Waals surface area (Å²) < 4.78 is 11.4. The summed E-state index contributed by atoms with van der Waals surface area (Å²) in [4.78, 5) is 0. The van der Waals surface area contributed by atoms with Crippen molar-refractivity contribution in [3.63, 3.8) is 0 Å². The molecule has 0 N–H and O–H groups in total. The molecule has 13 aromatic rings. The van der Waals surface area contributed by atoms with Gasteiger partial charge in [-0.1, -0.05) is 115 Å². The molecule has 10 aromatic carbocycles. The van der Waals surface area contributed by atoms with Crippen molar-refractivity contribution in [1.82, 2.24) is 19.6 Å². The SMILES string of the molecule is c1ccc2c(c1)oc1c3c4c(cc12)-n1nc2c5cccc6cccc(c7ccc(c1c72)B4c1ccc2c4cccc7cccc(c8nn-3c1c28)c74)c65. The minimum atomic E-state index is -0.0271. The van der Waals surface area contributed by atoms with Gasteiger partial charge in [0.1, 0.15) is 22.3 Å². The van der Waals surface area contributed by atoms with Crippen molar-refractivity contribution < 1.29 is 4.42 Å². The standard InChI is InChI=1S/C46H21BN4O/c1-2-16-35-24(11-1)31-21-34-40-45(46(31)52-35)51-44-33(20-18-28-26-13-4-8-23-10-6-15-30(37(23)26)42(49-51)39(28)44)47(40)32-19-17-27-25-12-3-7-22-9-5-14-29(36(22)25)41-38(27)43(32)50(34)48-41/h1-21H. The first-order valence-electron chi connectivity index (χ1n) is 18.0. The number of rotatable bonds is 0. The average molecular weight is 657 g/mol. The summed E-state index contributed by atoms with van der Waals surface area (Å²) >= 11 is 0. The highest BCUT2D eigenvalue weighted by molar-refractivity contribution is 7.00. The number of aromatic nitrogens is 4. The van der Waals surface area contributed by atoms with Gasteiger partial charge in [-0.15, -0.1) is 0 Å². The molecule has 0 saturated heterocycles. The number of furan rings is 1. The predicted octanol–water partition coefficient (Wildman–Crippen LogP) is 9.20. The summed E-state index contributed by atoms with van der Waals surface area (Å²) in [6, 6.07) is 46.8. The van der Waals surface area contributed by atoms with Crippen molar-refractivity contribution >= 4 is 132 Å². The summed E-state index contributed by atoms with van der Waals surface area (Å²) in [5.41, 5.74) is 12.1. The quantitative estimate of drug-likeness (QED) is 0.0930. The molecule has 0 radical (unpaired) electrons. The molecular formula is C46H21BN4O. The predicted molar refractivity (Wildman–Crippen MR) is 215 cm³/mol. The van der Waals surface area contributed by atoms with Gasteiger partial charge in [0.05, 0.1) is 16.7 Å². The van der Waals surface area contributed by atoms with Gasteiger partial charge in [0.15, 0.2) is 5.58 Å². The van der Waals surface area contributed by atoms with Crippen LogP contribution < -0.4 is 16.4 Å². The van der Waals surface area contributed by atoms with E-state index in [1.807, 2.05) is 0 Å². The molecule has 0 saturated carbocycles. The molecule has 6 heteroatoms. The molecule has 0 unspecified atom stereocenters. The van der Waals surface area contributed by atoms with Gasteiger partial charge < -0.3 is 4.42 Å². The van der Waals surface area contributed by atoms with Gasteiger partial charge >= 0.3 is 0 Å². The van der Waals surface area contributed by atoms with Crippen LogP contribution in [0.25, 0.3) is 120 Å². The maximum atomic E-state index is 6.88. The molecule has 0 spiro atoms. The number of fused-ring (bicyclic) bond motifs is 12. The Morgan fingerprint density at radius 2 is 1.00 bits per heavy atom. The molecule has 3 aromatic heterocycles. The van der Waals surface area contributed by atoms with E-state index in [-0.39, 0.29) is 6.71 Å². The summed E-state index contributed by atoms with van der Waals surface area (Å²) in [6.45, 7) is -0.0271. The monoisotopic (exact) mass is 656 g/mol. The zero-order valence-corrected chi connectivity index (χ0v) is 27.4. The highest BCUT2D eigenvalue weighted by atomic mass is 16.3. The Bertz CT molecular complexity index is 3820. The second-order valence-electron chi connectivity index (χ2n) is 14.9. The molecule has 0 atom stereocenters. The minimum Gasteiger partial charge on any atom is -0.454 e. The maximum absolute atomic E-state index is 6.88. The lowest BCUT2D eigenvalue weighted by molar-refractivity contribution is 0.663. The van der Waals surface area contributed by atoms with Crippen LogP contribution >= 0.6 is 0 Å². The van der Waals surface area contributed by atoms with E-state index in [0.717, 1.165) is 44.3 Å². The highest BCUT2D eigenvalue weighted by Crippen LogP contribution is 2.46. The molecule has 5 nitrogen and oxygen atoms in total. The van der Waals surface area contributed by atoms with Crippen LogP contribution in [0, 0.1) is 0 Å². The van der Waals surface area contributed by atoms with Crippen molar-refractivity contribution in [3.8, 4) is 11.4 Å². The van der Waals surface area contributed by atoms with Gasteiger partial charge in [0.25, 0.3) is 6.71 Å². The lowest BCUT2D eigenvalue weighted by atomic mass is 9.34. The number of hydrogen-bond acceptors (Lipinski definition) is 3. The van der Waals surface area contributed by atoms with Crippen LogP contribution in [0.4, 0.5) is 0 Å². The molecule has 52 heavy (non-hydrogen) atoms. The molecule has 2 aliphatic rings. The van der Waals surface area contributed by atoms with E-state index < -0.39 is 0 Å². The van der Waals surface area contributed by atoms with Crippen LogP contribution in [0.5, 0.6) is 0 Å². The Hall–Kier alpha value is -6.92. The lowest BCUT2D eigenvalue weighted by Crippen LogP contribution is -2.59. The van der Waals surface area contributed by atoms with Gasteiger partial charge in [-0.3, -0.25) is 0 Å². The van der Waals surface area contributed by atoms with Crippen molar-refractivity contribution in [2.75, 3.05) is 0 Å². The van der Waals surface area contributed by atoms with E-state index in [2.05, 4.69) is 137 Å².